The van der Waals surface area contributed by atoms with Gasteiger partial charge < -0.3 is 14.2 Å². The third-order valence-corrected chi connectivity index (χ3v) is 6.58. The van der Waals surface area contributed by atoms with Gasteiger partial charge in [-0.3, -0.25) is 0 Å². The van der Waals surface area contributed by atoms with Crippen LogP contribution in [0.3, 0.4) is 0 Å². The maximum absolute atomic E-state index is 12.4. The van der Waals surface area contributed by atoms with Crippen LogP contribution in [0.5, 0.6) is 11.5 Å². The van der Waals surface area contributed by atoms with E-state index >= 15 is 0 Å². The molecular weight excluding hydrogens is 609 g/mol. The second-order valence-electron chi connectivity index (χ2n) is 7.14. The van der Waals surface area contributed by atoms with Gasteiger partial charge in [-0.1, -0.05) is 51.3 Å². The van der Waals surface area contributed by atoms with Crippen LogP contribution in [0.2, 0.25) is 10.0 Å². The molecule has 0 bridgehead atoms. The number of carbonyl (C=O) groups excluding carboxylic acids is 1. The summed E-state index contributed by atoms with van der Waals surface area (Å²) in [6, 6.07) is 16.4. The van der Waals surface area contributed by atoms with E-state index in [0.29, 0.717) is 50.4 Å². The molecule has 0 unspecified atom stereocenters. The highest BCUT2D eigenvalue weighted by molar-refractivity contribution is 9.10. The molecule has 3 aromatic carbocycles. The van der Waals surface area contributed by atoms with Gasteiger partial charge in [0, 0.05) is 10.0 Å². The van der Waals surface area contributed by atoms with Gasteiger partial charge in [-0.15, -0.1) is 0 Å². The first kappa shape index (κ1) is 24.8. The van der Waals surface area contributed by atoms with Crippen LogP contribution in [0, 0.1) is 0 Å². The second-order valence-corrected chi connectivity index (χ2v) is 9.73. The van der Waals surface area contributed by atoms with Gasteiger partial charge in [-0.05, 0) is 82.5 Å². The van der Waals surface area contributed by atoms with Crippen molar-refractivity contribution in [1.29, 1.82) is 0 Å². The highest BCUT2D eigenvalue weighted by Gasteiger charge is 2.25. The van der Waals surface area contributed by atoms with Crippen molar-refractivity contribution in [3.05, 3.63) is 96.0 Å². The van der Waals surface area contributed by atoms with E-state index in [0.717, 1.165) is 10.0 Å². The summed E-state index contributed by atoms with van der Waals surface area (Å²) in [4.78, 5) is 16.8. The van der Waals surface area contributed by atoms with E-state index in [9.17, 15) is 4.79 Å². The summed E-state index contributed by atoms with van der Waals surface area (Å²) in [5.41, 5.74) is 2.41. The highest BCUT2D eigenvalue weighted by Crippen LogP contribution is 2.38. The maximum Gasteiger partial charge on any atom is 0.363 e. The lowest BCUT2D eigenvalue weighted by molar-refractivity contribution is -0.129. The molecule has 4 rings (SSSR count). The van der Waals surface area contributed by atoms with Crippen LogP contribution < -0.4 is 9.47 Å². The van der Waals surface area contributed by atoms with Crippen molar-refractivity contribution in [1.82, 2.24) is 0 Å². The molecule has 1 aliphatic heterocycles. The van der Waals surface area contributed by atoms with Crippen LogP contribution in [-0.4, -0.2) is 18.5 Å². The molecular formula is C25H17Br2Cl2NO4. The molecule has 0 aliphatic carbocycles. The van der Waals surface area contributed by atoms with Crippen LogP contribution >= 0.6 is 55.1 Å². The first-order valence-corrected chi connectivity index (χ1v) is 12.5. The predicted molar refractivity (Wildman–Crippen MR) is 141 cm³/mol. The lowest BCUT2D eigenvalue weighted by Gasteiger charge is -2.15. The van der Waals surface area contributed by atoms with Gasteiger partial charge in [0.15, 0.2) is 17.2 Å². The van der Waals surface area contributed by atoms with Crippen LogP contribution in [0.4, 0.5) is 0 Å². The van der Waals surface area contributed by atoms with Gasteiger partial charge in [0.1, 0.15) is 6.61 Å². The van der Waals surface area contributed by atoms with Crippen LogP contribution in [-0.2, 0) is 16.1 Å². The van der Waals surface area contributed by atoms with Crippen molar-refractivity contribution < 1.29 is 19.0 Å². The number of ether oxygens (including phenoxy) is 3. The van der Waals surface area contributed by atoms with E-state index in [4.69, 9.17) is 37.4 Å². The van der Waals surface area contributed by atoms with Crippen LogP contribution in [0.1, 0.15) is 23.6 Å². The Hall–Kier alpha value is -2.32. The number of esters is 1. The van der Waals surface area contributed by atoms with Gasteiger partial charge in [-0.25, -0.2) is 9.79 Å². The van der Waals surface area contributed by atoms with Gasteiger partial charge in [0.2, 0.25) is 5.90 Å². The van der Waals surface area contributed by atoms with Crippen molar-refractivity contribution >= 4 is 73.0 Å². The Labute approximate surface area is 223 Å². The lowest BCUT2D eigenvalue weighted by atomic mass is 10.1. The van der Waals surface area contributed by atoms with Crippen molar-refractivity contribution in [2.24, 2.45) is 4.99 Å². The number of aliphatic imine (C=N–C) groups is 1. The van der Waals surface area contributed by atoms with E-state index in [2.05, 4.69) is 36.9 Å². The fraction of sp³-hybridized carbons (Fsp3) is 0.120. The van der Waals surface area contributed by atoms with Crippen molar-refractivity contribution in [2.75, 3.05) is 6.61 Å². The molecule has 34 heavy (non-hydrogen) atoms. The van der Waals surface area contributed by atoms with Gasteiger partial charge in [0.05, 0.1) is 21.1 Å². The Morgan fingerprint density at radius 2 is 1.76 bits per heavy atom. The summed E-state index contributed by atoms with van der Waals surface area (Å²) < 4.78 is 18.8. The fourth-order valence-electron chi connectivity index (χ4n) is 3.13. The van der Waals surface area contributed by atoms with Crippen LogP contribution in [0.25, 0.3) is 6.08 Å². The Morgan fingerprint density at radius 1 is 1.00 bits per heavy atom. The SMILES string of the molecule is CCOc1cc(/C=C2\N=C(c3ccc(Cl)c(Cl)c3)OC2=O)cc(Br)c1OCc1ccc(Br)cc1. The predicted octanol–water partition coefficient (Wildman–Crippen LogP) is 7.84. The standard InChI is InChI=1S/C25H17Br2Cl2NO4/c1-2-32-22-11-15(9-18(27)23(22)33-13-14-3-6-17(26)7-4-14)10-21-25(31)34-24(30-21)16-5-8-19(28)20(29)12-16/h3-12H,2,13H2,1H3/b21-10-. The number of hydrogen-bond donors (Lipinski definition) is 0. The molecule has 0 atom stereocenters. The fourth-order valence-corrected chi connectivity index (χ4v) is 4.27. The summed E-state index contributed by atoms with van der Waals surface area (Å²) >= 11 is 19.0. The third kappa shape index (κ3) is 5.84. The Kier molecular flexibility index (Phi) is 7.99. The molecule has 3 aromatic rings. The second kappa shape index (κ2) is 11.0. The average Bonchev–Trinajstić information content (AvgIpc) is 3.16. The Morgan fingerprint density at radius 3 is 2.47 bits per heavy atom. The number of nitrogens with zero attached hydrogens (tertiary/aromatic N) is 1. The zero-order valence-electron chi connectivity index (χ0n) is 17.8. The van der Waals surface area contributed by atoms with E-state index in [1.165, 1.54) is 0 Å². The van der Waals surface area contributed by atoms with Gasteiger partial charge >= 0.3 is 5.97 Å². The van der Waals surface area contributed by atoms with E-state index in [-0.39, 0.29) is 11.6 Å². The summed E-state index contributed by atoms with van der Waals surface area (Å²) in [5, 5.41) is 0.751. The molecule has 0 fully saturated rings. The Balaban J connectivity index is 1.61. The molecule has 0 spiro atoms. The van der Waals surface area contributed by atoms with Crippen LogP contribution in [0.15, 0.2) is 74.2 Å². The van der Waals surface area contributed by atoms with E-state index < -0.39 is 5.97 Å². The molecule has 0 aromatic heterocycles. The molecule has 0 N–H and O–H groups in total. The molecule has 5 nitrogen and oxygen atoms in total. The quantitative estimate of drug-likeness (QED) is 0.198. The summed E-state index contributed by atoms with van der Waals surface area (Å²) in [5.74, 6) is 0.709. The zero-order valence-corrected chi connectivity index (χ0v) is 22.5. The maximum atomic E-state index is 12.4. The van der Waals surface area contributed by atoms with Crippen molar-refractivity contribution in [2.45, 2.75) is 13.5 Å². The molecule has 174 valence electrons. The minimum absolute atomic E-state index is 0.152. The van der Waals surface area contributed by atoms with Gasteiger partial charge in [0.25, 0.3) is 0 Å². The van der Waals surface area contributed by atoms with Crippen molar-refractivity contribution in [3.8, 4) is 11.5 Å². The van der Waals surface area contributed by atoms with Crippen molar-refractivity contribution in [3.63, 3.8) is 0 Å². The molecule has 0 radical (unpaired) electrons. The molecule has 9 heteroatoms. The molecule has 1 aliphatic rings. The van der Waals surface area contributed by atoms with Gasteiger partial charge in [-0.2, -0.15) is 0 Å². The topological polar surface area (TPSA) is 57.1 Å². The lowest BCUT2D eigenvalue weighted by Crippen LogP contribution is -2.05. The largest absolute Gasteiger partial charge is 0.490 e. The minimum Gasteiger partial charge on any atom is -0.490 e. The number of rotatable bonds is 7. The third-order valence-electron chi connectivity index (χ3n) is 4.72. The Bertz CT molecular complexity index is 1310. The number of cyclic esters (lactones) is 1. The zero-order chi connectivity index (χ0) is 24.2. The number of hydrogen-bond acceptors (Lipinski definition) is 5. The smallest absolute Gasteiger partial charge is 0.363 e. The van der Waals surface area contributed by atoms with E-state index in [1.807, 2.05) is 37.3 Å². The highest BCUT2D eigenvalue weighted by atomic mass is 79.9. The summed E-state index contributed by atoms with van der Waals surface area (Å²) in [7, 11) is 0. The molecule has 0 saturated heterocycles. The first-order valence-electron chi connectivity index (χ1n) is 10.2. The molecule has 0 amide bonds. The molecule has 0 saturated carbocycles. The number of halogens is 4. The average molecular weight is 626 g/mol. The van der Waals surface area contributed by atoms with E-state index in [1.54, 1.807) is 30.3 Å². The monoisotopic (exact) mass is 623 g/mol. The number of benzene rings is 3. The first-order chi connectivity index (χ1) is 16.3. The minimum atomic E-state index is -0.564. The summed E-state index contributed by atoms with van der Waals surface area (Å²) in [6.45, 7) is 2.71. The summed E-state index contributed by atoms with van der Waals surface area (Å²) in [6.07, 6.45) is 1.62. The number of carbonyl (C=O) groups is 1. The normalized spacial score (nSPS) is 14.2. The molecule has 1 heterocycles.